The van der Waals surface area contributed by atoms with Gasteiger partial charge in [-0.25, -0.2) is 0 Å². The van der Waals surface area contributed by atoms with Crippen LogP contribution in [0.4, 0.5) is 0 Å². The van der Waals surface area contributed by atoms with E-state index in [0.717, 1.165) is 6.42 Å². The van der Waals surface area contributed by atoms with Gasteiger partial charge in [0.25, 0.3) is 0 Å². The number of nitrogens with zero attached hydrogens (tertiary/aromatic N) is 3. The summed E-state index contributed by atoms with van der Waals surface area (Å²) in [4.78, 5) is 0. The zero-order valence-electron chi connectivity index (χ0n) is 5.44. The van der Waals surface area contributed by atoms with Crippen LogP contribution in [0.1, 0.15) is 6.42 Å². The van der Waals surface area contributed by atoms with E-state index in [1.54, 1.807) is 24.8 Å². The fourth-order valence-corrected chi connectivity index (χ4v) is 0.451. The first-order valence-electron chi connectivity index (χ1n) is 2.97. The Labute approximate surface area is 58.7 Å². The zero-order valence-corrected chi connectivity index (χ0v) is 5.44. The summed E-state index contributed by atoms with van der Waals surface area (Å²) in [6.07, 6.45) is 7.90. The quantitative estimate of drug-likeness (QED) is 0.565. The minimum atomic E-state index is 0.917. The first-order chi connectivity index (χ1) is 5.00. The maximum absolute atomic E-state index is 3.60. The topological polar surface area (TPSA) is 53.4 Å². The van der Waals surface area contributed by atoms with E-state index in [1.165, 1.54) is 0 Å². The molecule has 0 aliphatic carbocycles. The average molecular weight is 136 g/mol. The van der Waals surface area contributed by atoms with Gasteiger partial charge in [-0.1, -0.05) is 0 Å². The molecule has 1 aliphatic heterocycles. The van der Waals surface area contributed by atoms with E-state index < -0.39 is 0 Å². The van der Waals surface area contributed by atoms with Gasteiger partial charge in [0.15, 0.2) is 0 Å². The molecular formula is C6H8N4. The summed E-state index contributed by atoms with van der Waals surface area (Å²) in [7, 11) is 0. The van der Waals surface area contributed by atoms with Gasteiger partial charge in [0, 0.05) is 31.2 Å². The number of hydrogen-bond donors (Lipinski definition) is 1. The van der Waals surface area contributed by atoms with E-state index >= 15 is 0 Å². The maximum atomic E-state index is 3.60. The molecule has 0 spiro atoms. The number of aromatic amines is 1. The molecule has 0 saturated heterocycles. The van der Waals surface area contributed by atoms with Crippen molar-refractivity contribution in [2.45, 2.75) is 6.42 Å². The lowest BCUT2D eigenvalue weighted by Crippen LogP contribution is -1.60. The maximum Gasteiger partial charge on any atom is 0.0487 e. The molecule has 1 N–H and O–H groups in total. The van der Waals surface area contributed by atoms with Gasteiger partial charge in [-0.05, 0) is 6.07 Å². The van der Waals surface area contributed by atoms with Crippen molar-refractivity contribution in [3.8, 4) is 0 Å². The molecule has 0 saturated carbocycles. The van der Waals surface area contributed by atoms with Gasteiger partial charge in [-0.2, -0.15) is 15.3 Å². The highest BCUT2D eigenvalue weighted by atomic mass is 15.2. The largest absolute Gasteiger partial charge is 0.286 e. The van der Waals surface area contributed by atoms with Crippen molar-refractivity contribution in [1.29, 1.82) is 0 Å². The number of hydrogen-bond acceptors (Lipinski definition) is 3. The molecule has 0 unspecified atom stereocenters. The molecular weight excluding hydrogens is 128 g/mol. The van der Waals surface area contributed by atoms with E-state index in [-0.39, 0.29) is 0 Å². The second-order valence-corrected chi connectivity index (χ2v) is 1.60. The van der Waals surface area contributed by atoms with Crippen LogP contribution in [0.2, 0.25) is 0 Å². The summed E-state index contributed by atoms with van der Waals surface area (Å²) in [6, 6.07) is 1.83. The SMILES string of the molecule is C1=NN=CC1.c1cn[nH]c1. The molecule has 0 bridgehead atoms. The molecule has 0 aromatic carbocycles. The molecule has 4 nitrogen and oxygen atoms in total. The summed E-state index contributed by atoms with van der Waals surface area (Å²) < 4.78 is 0. The normalized spacial score (nSPS) is 12.8. The molecule has 1 aromatic heterocycles. The van der Waals surface area contributed by atoms with Crippen molar-refractivity contribution in [1.82, 2.24) is 10.2 Å². The highest BCUT2D eigenvalue weighted by Gasteiger charge is 1.75. The minimum Gasteiger partial charge on any atom is -0.286 e. The summed E-state index contributed by atoms with van der Waals surface area (Å²) >= 11 is 0. The number of aromatic nitrogens is 2. The summed E-state index contributed by atoms with van der Waals surface area (Å²) in [5.74, 6) is 0. The van der Waals surface area contributed by atoms with Gasteiger partial charge < -0.3 is 0 Å². The van der Waals surface area contributed by atoms with Crippen molar-refractivity contribution in [3.05, 3.63) is 18.5 Å². The Hall–Kier alpha value is -1.45. The average Bonchev–Trinajstić information content (AvgIpc) is 2.67. The van der Waals surface area contributed by atoms with Crippen LogP contribution in [-0.4, -0.2) is 22.6 Å². The third kappa shape index (κ3) is 2.76. The number of H-pyrrole nitrogens is 1. The van der Waals surface area contributed by atoms with Gasteiger partial charge in [-0.15, -0.1) is 0 Å². The predicted molar refractivity (Wildman–Crippen MR) is 40.2 cm³/mol. The fourth-order valence-electron chi connectivity index (χ4n) is 0.451. The molecule has 2 heterocycles. The second-order valence-electron chi connectivity index (χ2n) is 1.60. The van der Waals surface area contributed by atoms with E-state index in [0.29, 0.717) is 0 Å². The van der Waals surface area contributed by atoms with Gasteiger partial charge in [0.05, 0.1) is 0 Å². The molecule has 10 heavy (non-hydrogen) atoms. The Bertz CT molecular complexity index is 172. The van der Waals surface area contributed by atoms with Crippen LogP contribution in [0.3, 0.4) is 0 Å². The Morgan fingerprint density at radius 2 is 2.00 bits per heavy atom. The standard InChI is InChI=1S/2C3H4N2/c2*1-2-4-5-3-1/h2-3H,1H2;1-3H,(H,4,5). The number of rotatable bonds is 0. The van der Waals surface area contributed by atoms with Crippen LogP contribution >= 0.6 is 0 Å². The number of nitrogens with one attached hydrogen (secondary N) is 1. The van der Waals surface area contributed by atoms with Gasteiger partial charge in [0.1, 0.15) is 0 Å². The lowest BCUT2D eigenvalue weighted by atomic mass is 10.5. The van der Waals surface area contributed by atoms with Crippen LogP contribution in [0.25, 0.3) is 0 Å². The van der Waals surface area contributed by atoms with E-state index in [9.17, 15) is 0 Å². The van der Waals surface area contributed by atoms with Crippen LogP contribution in [0.5, 0.6) is 0 Å². The predicted octanol–water partition coefficient (Wildman–Crippen LogP) is 0.856. The third-order valence-electron chi connectivity index (χ3n) is 0.847. The highest BCUT2D eigenvalue weighted by molar-refractivity contribution is 5.82. The van der Waals surface area contributed by atoms with E-state index in [1.807, 2.05) is 6.07 Å². The van der Waals surface area contributed by atoms with Gasteiger partial charge in [0.2, 0.25) is 0 Å². The first kappa shape index (κ1) is 6.67. The molecule has 0 fully saturated rings. The van der Waals surface area contributed by atoms with Gasteiger partial charge >= 0.3 is 0 Å². The highest BCUT2D eigenvalue weighted by Crippen LogP contribution is 1.78. The first-order valence-corrected chi connectivity index (χ1v) is 2.97. The van der Waals surface area contributed by atoms with Crippen LogP contribution < -0.4 is 0 Å². The van der Waals surface area contributed by atoms with E-state index in [2.05, 4.69) is 20.4 Å². The van der Waals surface area contributed by atoms with Crippen LogP contribution in [0, 0.1) is 0 Å². The lowest BCUT2D eigenvalue weighted by molar-refractivity contribution is 1.09. The zero-order chi connectivity index (χ0) is 7.07. The smallest absolute Gasteiger partial charge is 0.0487 e. The van der Waals surface area contributed by atoms with Crippen molar-refractivity contribution < 1.29 is 0 Å². The van der Waals surface area contributed by atoms with Crippen LogP contribution in [-0.2, 0) is 0 Å². The minimum absolute atomic E-state index is 0.917. The molecule has 0 amide bonds. The molecule has 0 atom stereocenters. The Balaban J connectivity index is 0.0000001000. The van der Waals surface area contributed by atoms with Crippen molar-refractivity contribution >= 4 is 12.4 Å². The second kappa shape index (κ2) is 4.43. The summed E-state index contributed by atoms with van der Waals surface area (Å²) in [5, 5.41) is 13.3. The van der Waals surface area contributed by atoms with Crippen molar-refractivity contribution in [3.63, 3.8) is 0 Å². The summed E-state index contributed by atoms with van der Waals surface area (Å²) in [6.45, 7) is 0. The van der Waals surface area contributed by atoms with Crippen molar-refractivity contribution in [2.75, 3.05) is 0 Å². The molecule has 2 rings (SSSR count). The molecule has 52 valence electrons. The molecule has 4 heteroatoms. The molecule has 1 aliphatic rings. The Kier molecular flexibility index (Phi) is 2.95. The van der Waals surface area contributed by atoms with Crippen LogP contribution in [0.15, 0.2) is 28.7 Å². The van der Waals surface area contributed by atoms with Crippen molar-refractivity contribution in [2.24, 2.45) is 10.2 Å². The van der Waals surface area contributed by atoms with Gasteiger partial charge in [-0.3, -0.25) is 5.10 Å². The lowest BCUT2D eigenvalue weighted by Gasteiger charge is -1.50. The Morgan fingerprint density at radius 1 is 1.20 bits per heavy atom. The monoisotopic (exact) mass is 136 g/mol. The third-order valence-corrected chi connectivity index (χ3v) is 0.847. The molecule has 0 radical (unpaired) electrons. The van der Waals surface area contributed by atoms with E-state index in [4.69, 9.17) is 0 Å². The fraction of sp³-hybridized carbons (Fsp3) is 0.167. The molecule has 1 aromatic rings. The summed E-state index contributed by atoms with van der Waals surface area (Å²) in [5.41, 5.74) is 0. The Morgan fingerprint density at radius 3 is 2.20 bits per heavy atom.